The maximum absolute atomic E-state index is 12.4. The standard InChI is InChI=1S/C17H23N3O2/c1-5-15-16(12(2)22-19-15)17(21)18-10-13-8-6-7-9-14(13)11-20(3)4/h6-9H,5,10-11H2,1-4H3,(H,18,21)/p+1. The van der Waals surface area contributed by atoms with Crippen molar-refractivity contribution in [2.45, 2.75) is 33.4 Å². The summed E-state index contributed by atoms with van der Waals surface area (Å²) in [5.41, 5.74) is 3.67. The number of benzene rings is 1. The van der Waals surface area contributed by atoms with Crippen molar-refractivity contribution in [3.8, 4) is 0 Å². The molecule has 118 valence electrons. The van der Waals surface area contributed by atoms with Crippen LogP contribution in [0.3, 0.4) is 0 Å². The van der Waals surface area contributed by atoms with Gasteiger partial charge in [0.1, 0.15) is 17.9 Å². The summed E-state index contributed by atoms with van der Waals surface area (Å²) in [4.78, 5) is 13.7. The highest BCUT2D eigenvalue weighted by atomic mass is 16.5. The van der Waals surface area contributed by atoms with E-state index in [9.17, 15) is 4.79 Å². The fraction of sp³-hybridized carbons (Fsp3) is 0.412. The molecule has 22 heavy (non-hydrogen) atoms. The summed E-state index contributed by atoms with van der Waals surface area (Å²) in [6.07, 6.45) is 0.681. The van der Waals surface area contributed by atoms with Crippen LogP contribution in [0.15, 0.2) is 28.8 Å². The Bertz CT molecular complexity index is 647. The fourth-order valence-electron chi connectivity index (χ4n) is 2.50. The number of carbonyl (C=O) groups is 1. The van der Waals surface area contributed by atoms with Crippen LogP contribution in [0.25, 0.3) is 0 Å². The highest BCUT2D eigenvalue weighted by Crippen LogP contribution is 2.14. The zero-order valence-electron chi connectivity index (χ0n) is 13.7. The zero-order valence-corrected chi connectivity index (χ0v) is 13.7. The summed E-state index contributed by atoms with van der Waals surface area (Å²) in [5.74, 6) is 0.447. The molecule has 2 rings (SSSR count). The summed E-state index contributed by atoms with van der Waals surface area (Å²) in [6, 6.07) is 8.19. The highest BCUT2D eigenvalue weighted by molar-refractivity contribution is 5.96. The molecule has 0 radical (unpaired) electrons. The molecule has 0 saturated carbocycles. The summed E-state index contributed by atoms with van der Waals surface area (Å²) in [7, 11) is 4.23. The number of nitrogens with zero attached hydrogens (tertiary/aromatic N) is 1. The van der Waals surface area contributed by atoms with Crippen molar-refractivity contribution in [3.63, 3.8) is 0 Å². The lowest BCUT2D eigenvalue weighted by atomic mass is 10.1. The van der Waals surface area contributed by atoms with Gasteiger partial charge in [-0.05, 0) is 18.9 Å². The van der Waals surface area contributed by atoms with E-state index in [4.69, 9.17) is 4.52 Å². The smallest absolute Gasteiger partial charge is 0.257 e. The van der Waals surface area contributed by atoms with E-state index in [0.717, 1.165) is 12.1 Å². The minimum absolute atomic E-state index is 0.123. The third-order valence-electron chi connectivity index (χ3n) is 3.60. The van der Waals surface area contributed by atoms with E-state index in [1.54, 1.807) is 6.92 Å². The van der Waals surface area contributed by atoms with Gasteiger partial charge >= 0.3 is 0 Å². The van der Waals surface area contributed by atoms with Crippen molar-refractivity contribution < 1.29 is 14.2 Å². The van der Waals surface area contributed by atoms with Gasteiger partial charge in [-0.25, -0.2) is 0 Å². The van der Waals surface area contributed by atoms with Crippen molar-refractivity contribution in [2.75, 3.05) is 14.1 Å². The number of hydrogen-bond acceptors (Lipinski definition) is 3. The Labute approximate surface area is 131 Å². The molecule has 1 amide bonds. The Hall–Kier alpha value is -2.14. The number of amides is 1. The first-order chi connectivity index (χ1) is 10.5. The van der Waals surface area contributed by atoms with Crippen LogP contribution in [0, 0.1) is 6.92 Å². The van der Waals surface area contributed by atoms with Crippen molar-refractivity contribution in [1.82, 2.24) is 10.5 Å². The molecule has 0 aliphatic rings. The first-order valence-corrected chi connectivity index (χ1v) is 7.62. The number of nitrogens with one attached hydrogen (secondary N) is 2. The largest absolute Gasteiger partial charge is 0.361 e. The SMILES string of the molecule is CCc1noc(C)c1C(=O)NCc1ccccc1C[NH+](C)C. The van der Waals surface area contributed by atoms with Gasteiger partial charge in [0.15, 0.2) is 0 Å². The minimum atomic E-state index is -0.123. The molecule has 1 aromatic carbocycles. The maximum Gasteiger partial charge on any atom is 0.257 e. The molecular formula is C17H24N3O2+. The molecular weight excluding hydrogens is 278 g/mol. The van der Waals surface area contributed by atoms with Gasteiger partial charge in [-0.1, -0.05) is 36.3 Å². The maximum atomic E-state index is 12.4. The molecule has 1 aromatic heterocycles. The quantitative estimate of drug-likeness (QED) is 0.841. The number of hydrogen-bond donors (Lipinski definition) is 2. The van der Waals surface area contributed by atoms with Crippen LogP contribution in [-0.2, 0) is 19.5 Å². The Morgan fingerprint density at radius 2 is 1.95 bits per heavy atom. The second-order valence-corrected chi connectivity index (χ2v) is 5.75. The Balaban J connectivity index is 2.10. The zero-order chi connectivity index (χ0) is 16.1. The van der Waals surface area contributed by atoms with E-state index in [1.165, 1.54) is 10.5 Å². The summed E-state index contributed by atoms with van der Waals surface area (Å²) < 4.78 is 5.12. The molecule has 1 heterocycles. The second-order valence-electron chi connectivity index (χ2n) is 5.75. The van der Waals surface area contributed by atoms with E-state index in [1.807, 2.05) is 19.1 Å². The van der Waals surface area contributed by atoms with Crippen LogP contribution in [0.2, 0.25) is 0 Å². The summed E-state index contributed by atoms with van der Waals surface area (Å²) in [5, 5.41) is 6.91. The topological polar surface area (TPSA) is 59.6 Å². The fourth-order valence-corrected chi connectivity index (χ4v) is 2.50. The van der Waals surface area contributed by atoms with Crippen molar-refractivity contribution in [1.29, 1.82) is 0 Å². The van der Waals surface area contributed by atoms with Gasteiger partial charge in [0, 0.05) is 12.1 Å². The predicted molar refractivity (Wildman–Crippen MR) is 84.7 cm³/mol. The number of carbonyl (C=O) groups excluding carboxylic acids is 1. The number of rotatable bonds is 6. The molecule has 0 fully saturated rings. The lowest BCUT2D eigenvalue weighted by Crippen LogP contribution is -3.04. The second kappa shape index (κ2) is 7.22. The molecule has 5 heteroatoms. The van der Waals surface area contributed by atoms with Crippen LogP contribution in [0.5, 0.6) is 0 Å². The molecule has 5 nitrogen and oxygen atoms in total. The summed E-state index contributed by atoms with van der Waals surface area (Å²) in [6.45, 7) is 5.17. The van der Waals surface area contributed by atoms with Gasteiger partial charge in [0.05, 0.1) is 19.8 Å². The number of quaternary nitrogens is 1. The molecule has 2 N–H and O–H groups in total. The van der Waals surface area contributed by atoms with Crippen LogP contribution >= 0.6 is 0 Å². The Kier molecular flexibility index (Phi) is 5.33. The first-order valence-electron chi connectivity index (χ1n) is 7.62. The molecule has 0 saturated heterocycles. The van der Waals surface area contributed by atoms with Crippen LogP contribution in [0.4, 0.5) is 0 Å². The van der Waals surface area contributed by atoms with E-state index in [2.05, 4.69) is 36.7 Å². The summed E-state index contributed by atoms with van der Waals surface area (Å²) >= 11 is 0. The number of aryl methyl sites for hydroxylation is 2. The van der Waals surface area contributed by atoms with E-state index in [0.29, 0.717) is 30.0 Å². The van der Waals surface area contributed by atoms with Crippen LogP contribution < -0.4 is 10.2 Å². The molecule has 0 spiro atoms. The molecule has 0 bridgehead atoms. The lowest BCUT2D eigenvalue weighted by molar-refractivity contribution is -0.872. The van der Waals surface area contributed by atoms with E-state index in [-0.39, 0.29) is 5.91 Å². The molecule has 0 aliphatic carbocycles. The highest BCUT2D eigenvalue weighted by Gasteiger charge is 2.19. The van der Waals surface area contributed by atoms with Crippen LogP contribution in [0.1, 0.15) is 39.9 Å². The third kappa shape index (κ3) is 3.74. The third-order valence-corrected chi connectivity index (χ3v) is 3.60. The van der Waals surface area contributed by atoms with Gasteiger partial charge in [-0.3, -0.25) is 4.79 Å². The van der Waals surface area contributed by atoms with Gasteiger partial charge in [0.2, 0.25) is 0 Å². The molecule has 2 aromatic rings. The molecule has 0 unspecified atom stereocenters. The Morgan fingerprint density at radius 1 is 1.27 bits per heavy atom. The van der Waals surface area contributed by atoms with Crippen molar-refractivity contribution in [2.24, 2.45) is 0 Å². The lowest BCUT2D eigenvalue weighted by Gasteiger charge is -2.13. The van der Waals surface area contributed by atoms with Gasteiger partial charge in [-0.15, -0.1) is 0 Å². The van der Waals surface area contributed by atoms with Gasteiger partial charge in [0.25, 0.3) is 5.91 Å². The average Bonchev–Trinajstić information content (AvgIpc) is 2.86. The average molecular weight is 302 g/mol. The van der Waals surface area contributed by atoms with E-state index < -0.39 is 0 Å². The number of aromatic nitrogens is 1. The normalized spacial score (nSPS) is 11.0. The molecule has 0 aliphatic heterocycles. The monoisotopic (exact) mass is 302 g/mol. The predicted octanol–water partition coefficient (Wildman–Crippen LogP) is 1.12. The first kappa shape index (κ1) is 16.2. The molecule has 0 atom stereocenters. The van der Waals surface area contributed by atoms with Crippen molar-refractivity contribution >= 4 is 5.91 Å². The van der Waals surface area contributed by atoms with Crippen LogP contribution in [-0.4, -0.2) is 25.2 Å². The Morgan fingerprint density at radius 3 is 2.59 bits per heavy atom. The van der Waals surface area contributed by atoms with Crippen molar-refractivity contribution in [3.05, 3.63) is 52.4 Å². The minimum Gasteiger partial charge on any atom is -0.361 e. The van der Waals surface area contributed by atoms with Gasteiger partial charge < -0.3 is 14.7 Å². The van der Waals surface area contributed by atoms with E-state index >= 15 is 0 Å². The van der Waals surface area contributed by atoms with Gasteiger partial charge in [-0.2, -0.15) is 0 Å².